The molecule has 0 aromatic carbocycles. The van der Waals surface area contributed by atoms with E-state index in [2.05, 4.69) is 40.1 Å². The van der Waals surface area contributed by atoms with Crippen LogP contribution in [0, 0.1) is 6.92 Å². The minimum Gasteiger partial charge on any atom is -0.370 e. The van der Waals surface area contributed by atoms with Crippen molar-refractivity contribution in [3.05, 3.63) is 11.9 Å². The van der Waals surface area contributed by atoms with Gasteiger partial charge in [0.15, 0.2) is 0 Å². The van der Waals surface area contributed by atoms with Gasteiger partial charge in [-0.2, -0.15) is 11.8 Å². The van der Waals surface area contributed by atoms with Gasteiger partial charge in [-0.3, -0.25) is 0 Å². The summed E-state index contributed by atoms with van der Waals surface area (Å²) in [7, 11) is 0. The molecule has 2 rings (SSSR count). The molecule has 1 aliphatic rings. The summed E-state index contributed by atoms with van der Waals surface area (Å²) in [4.78, 5) is 11.3. The fourth-order valence-electron chi connectivity index (χ4n) is 2.04. The Hall–Kier alpha value is -0.970. The zero-order valence-corrected chi connectivity index (χ0v) is 11.5. The van der Waals surface area contributed by atoms with Crippen LogP contribution in [0.4, 0.5) is 11.6 Å². The number of nitrogens with one attached hydrogen (secondary N) is 1. The molecule has 2 heterocycles. The normalized spacial score (nSPS) is 20.4. The van der Waals surface area contributed by atoms with Gasteiger partial charge in [0, 0.05) is 36.7 Å². The molecule has 1 fully saturated rings. The monoisotopic (exact) mass is 252 g/mol. The number of aromatic nitrogens is 2. The van der Waals surface area contributed by atoms with Crippen LogP contribution in [-0.4, -0.2) is 40.6 Å². The standard InChI is InChI=1S/C12H20N4S/c1-4-13-11-7-12(15-10(3)14-11)16-5-6-17-8-9(16)2/h7,9H,4-6,8H2,1-3H3,(H,13,14,15). The third kappa shape index (κ3) is 3.03. The van der Waals surface area contributed by atoms with Crippen molar-refractivity contribution in [1.82, 2.24) is 9.97 Å². The number of hydrogen-bond donors (Lipinski definition) is 1. The van der Waals surface area contributed by atoms with Gasteiger partial charge in [0.25, 0.3) is 0 Å². The van der Waals surface area contributed by atoms with Crippen LogP contribution in [0.15, 0.2) is 6.07 Å². The van der Waals surface area contributed by atoms with E-state index in [4.69, 9.17) is 0 Å². The largest absolute Gasteiger partial charge is 0.370 e. The third-order valence-electron chi connectivity index (χ3n) is 2.84. The molecule has 0 amide bonds. The molecule has 1 aromatic heterocycles. The summed E-state index contributed by atoms with van der Waals surface area (Å²) in [5.41, 5.74) is 0. The molecule has 5 heteroatoms. The Morgan fingerprint density at radius 1 is 1.53 bits per heavy atom. The van der Waals surface area contributed by atoms with Gasteiger partial charge in [0.05, 0.1) is 0 Å². The van der Waals surface area contributed by atoms with E-state index in [0.717, 1.165) is 30.5 Å². The molecular formula is C12H20N4S. The van der Waals surface area contributed by atoms with Gasteiger partial charge >= 0.3 is 0 Å². The smallest absolute Gasteiger partial charge is 0.134 e. The van der Waals surface area contributed by atoms with Crippen molar-refractivity contribution in [3.8, 4) is 0 Å². The highest BCUT2D eigenvalue weighted by molar-refractivity contribution is 7.99. The fourth-order valence-corrected chi connectivity index (χ4v) is 3.05. The average molecular weight is 252 g/mol. The van der Waals surface area contributed by atoms with Gasteiger partial charge in [-0.25, -0.2) is 9.97 Å². The molecule has 1 unspecified atom stereocenters. The van der Waals surface area contributed by atoms with Crippen LogP contribution < -0.4 is 10.2 Å². The van der Waals surface area contributed by atoms with E-state index in [-0.39, 0.29) is 0 Å². The fraction of sp³-hybridized carbons (Fsp3) is 0.667. The molecule has 17 heavy (non-hydrogen) atoms. The van der Waals surface area contributed by atoms with E-state index in [0.29, 0.717) is 6.04 Å². The number of thioether (sulfide) groups is 1. The highest BCUT2D eigenvalue weighted by Gasteiger charge is 2.20. The summed E-state index contributed by atoms with van der Waals surface area (Å²) in [6.45, 7) is 8.26. The molecule has 0 bridgehead atoms. The Kier molecular flexibility index (Phi) is 4.10. The van der Waals surface area contributed by atoms with Gasteiger partial charge in [-0.1, -0.05) is 0 Å². The lowest BCUT2D eigenvalue weighted by atomic mass is 10.3. The first-order valence-electron chi connectivity index (χ1n) is 6.14. The summed E-state index contributed by atoms with van der Waals surface area (Å²) in [5, 5.41) is 3.26. The van der Waals surface area contributed by atoms with Crippen LogP contribution in [0.1, 0.15) is 19.7 Å². The molecule has 0 spiro atoms. The van der Waals surface area contributed by atoms with Gasteiger partial charge in [0.2, 0.25) is 0 Å². The Labute approximate surface area is 107 Å². The first kappa shape index (κ1) is 12.5. The van der Waals surface area contributed by atoms with Crippen LogP contribution in [0.3, 0.4) is 0 Å². The maximum Gasteiger partial charge on any atom is 0.134 e. The van der Waals surface area contributed by atoms with E-state index in [9.17, 15) is 0 Å². The zero-order valence-electron chi connectivity index (χ0n) is 10.7. The minimum atomic E-state index is 0.553. The second kappa shape index (κ2) is 5.58. The van der Waals surface area contributed by atoms with E-state index < -0.39 is 0 Å². The van der Waals surface area contributed by atoms with Crippen molar-refractivity contribution in [3.63, 3.8) is 0 Å². The summed E-state index contributed by atoms with van der Waals surface area (Å²) < 4.78 is 0. The molecule has 1 N–H and O–H groups in total. The van der Waals surface area contributed by atoms with Crippen molar-refractivity contribution >= 4 is 23.4 Å². The first-order chi connectivity index (χ1) is 8.20. The Morgan fingerprint density at radius 3 is 3.06 bits per heavy atom. The quantitative estimate of drug-likeness (QED) is 0.893. The van der Waals surface area contributed by atoms with E-state index >= 15 is 0 Å². The topological polar surface area (TPSA) is 41.0 Å². The number of anilines is 2. The van der Waals surface area contributed by atoms with Crippen molar-refractivity contribution in [2.75, 3.05) is 34.8 Å². The maximum absolute atomic E-state index is 4.56. The van der Waals surface area contributed by atoms with Gasteiger partial charge in [-0.15, -0.1) is 0 Å². The summed E-state index contributed by atoms with van der Waals surface area (Å²) in [6, 6.07) is 2.61. The predicted octanol–water partition coefficient (Wildman–Crippen LogP) is 2.16. The highest BCUT2D eigenvalue weighted by atomic mass is 32.2. The molecule has 1 atom stereocenters. The SMILES string of the molecule is CCNc1cc(N2CCSCC2C)nc(C)n1. The molecule has 0 aliphatic carbocycles. The van der Waals surface area contributed by atoms with Crippen molar-refractivity contribution in [2.45, 2.75) is 26.8 Å². The number of aryl methyl sites for hydroxylation is 1. The molecule has 4 nitrogen and oxygen atoms in total. The third-order valence-corrected chi connectivity index (χ3v) is 4.03. The Bertz CT molecular complexity index is 383. The van der Waals surface area contributed by atoms with E-state index in [1.165, 1.54) is 11.5 Å². The zero-order chi connectivity index (χ0) is 12.3. The number of rotatable bonds is 3. The lowest BCUT2D eigenvalue weighted by Crippen LogP contribution is -2.41. The summed E-state index contributed by atoms with van der Waals surface area (Å²) in [5.74, 6) is 5.19. The second-order valence-corrected chi connectivity index (χ2v) is 5.46. The molecule has 1 aliphatic heterocycles. The first-order valence-corrected chi connectivity index (χ1v) is 7.30. The summed E-state index contributed by atoms with van der Waals surface area (Å²) >= 11 is 2.02. The van der Waals surface area contributed by atoms with Crippen molar-refractivity contribution < 1.29 is 0 Å². The molecular weight excluding hydrogens is 232 g/mol. The van der Waals surface area contributed by atoms with Crippen LogP contribution in [0.25, 0.3) is 0 Å². The lowest BCUT2D eigenvalue weighted by Gasteiger charge is -2.34. The van der Waals surface area contributed by atoms with Crippen molar-refractivity contribution in [2.24, 2.45) is 0 Å². The highest BCUT2D eigenvalue weighted by Crippen LogP contribution is 2.23. The van der Waals surface area contributed by atoms with Crippen molar-refractivity contribution in [1.29, 1.82) is 0 Å². The predicted molar refractivity (Wildman–Crippen MR) is 75.1 cm³/mol. The van der Waals surface area contributed by atoms with Crippen LogP contribution in [0.2, 0.25) is 0 Å². The lowest BCUT2D eigenvalue weighted by molar-refractivity contribution is 0.687. The van der Waals surface area contributed by atoms with Crippen LogP contribution in [-0.2, 0) is 0 Å². The Morgan fingerprint density at radius 2 is 2.35 bits per heavy atom. The van der Waals surface area contributed by atoms with E-state index in [1.807, 2.05) is 18.7 Å². The Balaban J connectivity index is 2.24. The van der Waals surface area contributed by atoms with Gasteiger partial charge in [-0.05, 0) is 20.8 Å². The molecule has 1 saturated heterocycles. The summed E-state index contributed by atoms with van der Waals surface area (Å²) in [6.07, 6.45) is 0. The molecule has 0 saturated carbocycles. The van der Waals surface area contributed by atoms with Gasteiger partial charge in [0.1, 0.15) is 17.5 Å². The maximum atomic E-state index is 4.56. The molecule has 1 aromatic rings. The van der Waals surface area contributed by atoms with Crippen LogP contribution in [0.5, 0.6) is 0 Å². The molecule has 0 radical (unpaired) electrons. The average Bonchev–Trinajstić information content (AvgIpc) is 2.29. The number of hydrogen-bond acceptors (Lipinski definition) is 5. The second-order valence-electron chi connectivity index (χ2n) is 4.31. The minimum absolute atomic E-state index is 0.553. The van der Waals surface area contributed by atoms with E-state index in [1.54, 1.807) is 0 Å². The van der Waals surface area contributed by atoms with Gasteiger partial charge < -0.3 is 10.2 Å². The number of nitrogens with zero attached hydrogens (tertiary/aromatic N) is 3. The van der Waals surface area contributed by atoms with Crippen LogP contribution >= 0.6 is 11.8 Å². The molecule has 94 valence electrons.